The lowest BCUT2D eigenvalue weighted by Gasteiger charge is -2.37. The van der Waals surface area contributed by atoms with Crippen LogP contribution in [0.2, 0.25) is 0 Å². The van der Waals surface area contributed by atoms with Gasteiger partial charge in [0.05, 0.1) is 11.4 Å². The Morgan fingerprint density at radius 2 is 2.16 bits per heavy atom. The highest BCUT2D eigenvalue weighted by molar-refractivity contribution is 7.16. The molecule has 6 heteroatoms. The van der Waals surface area contributed by atoms with Crippen molar-refractivity contribution in [2.75, 3.05) is 13.1 Å². The van der Waals surface area contributed by atoms with Crippen molar-refractivity contribution in [3.8, 4) is 0 Å². The third kappa shape index (κ3) is 2.40. The monoisotopic (exact) mass is 279 g/mol. The molecule has 0 bridgehead atoms. The van der Waals surface area contributed by atoms with Gasteiger partial charge < -0.3 is 5.32 Å². The van der Waals surface area contributed by atoms with Crippen LogP contribution in [0.5, 0.6) is 0 Å². The smallest absolute Gasteiger partial charge is 0.212 e. The first-order valence-electron chi connectivity index (χ1n) is 6.83. The van der Waals surface area contributed by atoms with Crippen LogP contribution in [0.4, 0.5) is 0 Å². The van der Waals surface area contributed by atoms with Crippen LogP contribution in [-0.2, 0) is 6.54 Å². The second-order valence-electron chi connectivity index (χ2n) is 5.55. The second kappa shape index (κ2) is 4.85. The van der Waals surface area contributed by atoms with E-state index in [0.29, 0.717) is 12.1 Å². The van der Waals surface area contributed by atoms with Gasteiger partial charge in [-0.15, -0.1) is 0 Å². The van der Waals surface area contributed by atoms with E-state index in [1.807, 2.05) is 11.4 Å². The highest BCUT2D eigenvalue weighted by Gasteiger charge is 2.24. The van der Waals surface area contributed by atoms with Gasteiger partial charge >= 0.3 is 0 Å². The number of aromatic nitrogens is 3. The lowest BCUT2D eigenvalue weighted by atomic mass is 10.1. The van der Waals surface area contributed by atoms with Crippen molar-refractivity contribution in [3.05, 3.63) is 16.4 Å². The quantitative estimate of drug-likeness (QED) is 0.907. The maximum absolute atomic E-state index is 4.62. The summed E-state index contributed by atoms with van der Waals surface area (Å²) < 4.78 is 2.02. The van der Waals surface area contributed by atoms with E-state index in [1.54, 1.807) is 11.3 Å². The summed E-state index contributed by atoms with van der Waals surface area (Å²) in [5, 5.41) is 9.17. The fourth-order valence-electron chi connectivity index (χ4n) is 2.68. The number of imidazole rings is 1. The molecule has 2 atom stereocenters. The lowest BCUT2D eigenvalue weighted by molar-refractivity contribution is 0.136. The number of hydrogen-bond donors (Lipinski definition) is 1. The Balaban J connectivity index is 1.89. The van der Waals surface area contributed by atoms with Gasteiger partial charge in [0.25, 0.3) is 0 Å². The Labute approximate surface area is 117 Å². The summed E-state index contributed by atoms with van der Waals surface area (Å²) in [6.07, 6.45) is 0. The summed E-state index contributed by atoms with van der Waals surface area (Å²) in [4.78, 5) is 8.15. The molecule has 1 N–H and O–H groups in total. The van der Waals surface area contributed by atoms with Gasteiger partial charge in [0.2, 0.25) is 4.96 Å². The van der Waals surface area contributed by atoms with Crippen molar-refractivity contribution >= 4 is 16.3 Å². The molecule has 0 amide bonds. The Morgan fingerprint density at radius 1 is 1.37 bits per heavy atom. The molecule has 2 unspecified atom stereocenters. The number of nitrogens with one attached hydrogen (secondary N) is 1. The molecule has 2 aromatic heterocycles. The zero-order valence-electron chi connectivity index (χ0n) is 12.0. The van der Waals surface area contributed by atoms with Gasteiger partial charge in [-0.25, -0.2) is 9.50 Å². The van der Waals surface area contributed by atoms with Crippen molar-refractivity contribution in [1.29, 1.82) is 0 Å². The van der Waals surface area contributed by atoms with Crippen LogP contribution < -0.4 is 5.32 Å². The average molecular weight is 279 g/mol. The molecule has 1 aliphatic rings. The third-order valence-corrected chi connectivity index (χ3v) is 4.67. The lowest BCUT2D eigenvalue weighted by Crippen LogP contribution is -2.53. The Kier molecular flexibility index (Phi) is 3.32. The topological polar surface area (TPSA) is 45.5 Å². The van der Waals surface area contributed by atoms with Crippen molar-refractivity contribution in [3.63, 3.8) is 0 Å². The maximum atomic E-state index is 4.62. The zero-order chi connectivity index (χ0) is 13.6. The van der Waals surface area contributed by atoms with Gasteiger partial charge in [-0.2, -0.15) is 5.10 Å². The standard InChI is InChI=1S/C13H21N5S/c1-8-6-17(9(2)5-14-8)7-12-10(3)15-13-18(12)16-11(4)19-13/h8-9,14H,5-7H2,1-4H3. The number of piperazine rings is 1. The molecule has 1 saturated heterocycles. The number of hydrogen-bond acceptors (Lipinski definition) is 5. The summed E-state index contributed by atoms with van der Waals surface area (Å²) in [6, 6.07) is 1.11. The van der Waals surface area contributed by atoms with Gasteiger partial charge in [0.1, 0.15) is 5.01 Å². The van der Waals surface area contributed by atoms with Crippen molar-refractivity contribution in [2.45, 2.75) is 46.3 Å². The largest absolute Gasteiger partial charge is 0.311 e. The van der Waals surface area contributed by atoms with Gasteiger partial charge in [0.15, 0.2) is 0 Å². The van der Waals surface area contributed by atoms with Crippen LogP contribution in [0.3, 0.4) is 0 Å². The Bertz CT molecular complexity index is 587. The molecule has 19 heavy (non-hydrogen) atoms. The summed E-state index contributed by atoms with van der Waals surface area (Å²) in [5.41, 5.74) is 2.34. The maximum Gasteiger partial charge on any atom is 0.212 e. The summed E-state index contributed by atoms with van der Waals surface area (Å²) in [7, 11) is 0. The minimum absolute atomic E-state index is 0.553. The molecule has 0 spiro atoms. The van der Waals surface area contributed by atoms with E-state index >= 15 is 0 Å². The summed E-state index contributed by atoms with van der Waals surface area (Å²) >= 11 is 1.66. The molecule has 0 saturated carbocycles. The molecular weight excluding hydrogens is 258 g/mol. The predicted octanol–water partition coefficient (Wildman–Crippen LogP) is 1.59. The molecule has 3 heterocycles. The van der Waals surface area contributed by atoms with E-state index in [9.17, 15) is 0 Å². The van der Waals surface area contributed by atoms with Gasteiger partial charge in [-0.05, 0) is 27.7 Å². The molecule has 0 aliphatic carbocycles. The number of aryl methyl sites for hydroxylation is 2. The molecule has 104 valence electrons. The minimum atomic E-state index is 0.553. The highest BCUT2D eigenvalue weighted by Crippen LogP contribution is 2.20. The van der Waals surface area contributed by atoms with E-state index in [1.165, 1.54) is 5.69 Å². The van der Waals surface area contributed by atoms with E-state index in [2.05, 4.69) is 41.1 Å². The molecule has 0 radical (unpaired) electrons. The third-order valence-electron chi connectivity index (χ3n) is 3.84. The Hall–Kier alpha value is -0.980. The van der Waals surface area contributed by atoms with Gasteiger partial charge in [-0.3, -0.25) is 4.90 Å². The Morgan fingerprint density at radius 3 is 2.95 bits per heavy atom. The van der Waals surface area contributed by atoms with Crippen LogP contribution in [0.1, 0.15) is 30.2 Å². The van der Waals surface area contributed by atoms with Crippen molar-refractivity contribution < 1.29 is 0 Å². The highest BCUT2D eigenvalue weighted by atomic mass is 32.1. The van der Waals surface area contributed by atoms with Crippen LogP contribution in [0, 0.1) is 13.8 Å². The zero-order valence-corrected chi connectivity index (χ0v) is 12.8. The molecule has 1 aliphatic heterocycles. The molecule has 5 nitrogen and oxygen atoms in total. The van der Waals surface area contributed by atoms with E-state index in [4.69, 9.17) is 0 Å². The van der Waals surface area contributed by atoms with Crippen LogP contribution in [-0.4, -0.2) is 44.7 Å². The molecule has 2 aromatic rings. The summed E-state index contributed by atoms with van der Waals surface area (Å²) in [6.45, 7) is 11.7. The summed E-state index contributed by atoms with van der Waals surface area (Å²) in [5.74, 6) is 0. The molecule has 3 rings (SSSR count). The van der Waals surface area contributed by atoms with Gasteiger partial charge in [0, 0.05) is 31.7 Å². The normalized spacial score (nSPS) is 25.3. The first kappa shape index (κ1) is 13.0. The van der Waals surface area contributed by atoms with Crippen molar-refractivity contribution in [2.24, 2.45) is 0 Å². The van der Waals surface area contributed by atoms with Crippen LogP contribution in [0.25, 0.3) is 4.96 Å². The fourth-order valence-corrected chi connectivity index (χ4v) is 3.48. The first-order chi connectivity index (χ1) is 9.04. The SMILES string of the molecule is Cc1nn2c(CN3CC(C)NCC3C)c(C)nc2s1. The fraction of sp³-hybridized carbons (Fsp3) is 0.692. The first-order valence-corrected chi connectivity index (χ1v) is 7.65. The second-order valence-corrected chi connectivity index (χ2v) is 6.71. The van der Waals surface area contributed by atoms with Crippen molar-refractivity contribution in [1.82, 2.24) is 24.8 Å². The van der Waals surface area contributed by atoms with E-state index in [0.717, 1.165) is 35.3 Å². The van der Waals surface area contributed by atoms with Crippen LogP contribution >= 0.6 is 11.3 Å². The minimum Gasteiger partial charge on any atom is -0.311 e. The van der Waals surface area contributed by atoms with Gasteiger partial charge in [-0.1, -0.05) is 11.3 Å². The number of nitrogens with zero attached hydrogens (tertiary/aromatic N) is 4. The number of fused-ring (bicyclic) bond motifs is 1. The molecule has 1 fully saturated rings. The predicted molar refractivity (Wildman–Crippen MR) is 77.7 cm³/mol. The average Bonchev–Trinajstić information content (AvgIpc) is 2.82. The van der Waals surface area contributed by atoms with E-state index < -0.39 is 0 Å². The molecule has 0 aromatic carbocycles. The van der Waals surface area contributed by atoms with Crippen LogP contribution in [0.15, 0.2) is 0 Å². The number of rotatable bonds is 2. The van der Waals surface area contributed by atoms with E-state index in [-0.39, 0.29) is 0 Å². The molecular formula is C13H21N5S.